The van der Waals surface area contributed by atoms with E-state index in [2.05, 4.69) is 10.1 Å². The third kappa shape index (κ3) is 2.44. The fraction of sp³-hybridized carbons (Fsp3) is 0.385. The highest BCUT2D eigenvalue weighted by Gasteiger charge is 2.22. The van der Waals surface area contributed by atoms with E-state index in [1.54, 1.807) is 0 Å². The van der Waals surface area contributed by atoms with Crippen LogP contribution in [0.25, 0.3) is 11.5 Å². The normalized spacial score (nSPS) is 19.5. The fourth-order valence-electron chi connectivity index (χ4n) is 2.14. The fourth-order valence-corrected chi connectivity index (χ4v) is 2.14. The summed E-state index contributed by atoms with van der Waals surface area (Å²) in [5.74, 6) is 0.155. The van der Waals surface area contributed by atoms with Crippen molar-refractivity contribution in [1.82, 2.24) is 10.1 Å². The second-order valence-electron chi connectivity index (χ2n) is 4.53. The van der Waals surface area contributed by atoms with E-state index < -0.39 is 5.82 Å². The third-order valence-electron chi connectivity index (χ3n) is 3.16. The monoisotopic (exact) mass is 264 g/mol. The molecule has 5 nitrogen and oxygen atoms in total. The number of aromatic hydroxyl groups is 1. The summed E-state index contributed by atoms with van der Waals surface area (Å²) in [5.41, 5.74) is 0.330. The summed E-state index contributed by atoms with van der Waals surface area (Å²) in [7, 11) is 0. The van der Waals surface area contributed by atoms with Crippen LogP contribution in [-0.4, -0.2) is 28.5 Å². The molecule has 1 aliphatic rings. The summed E-state index contributed by atoms with van der Waals surface area (Å²) in [5, 5.41) is 13.6. The number of phenolic OH excluding ortho intramolecular Hbond substituents is 1. The Kier molecular flexibility index (Phi) is 3.16. The van der Waals surface area contributed by atoms with Crippen LogP contribution in [0, 0.1) is 5.82 Å². The average Bonchev–Trinajstić information content (AvgIpc) is 2.89. The van der Waals surface area contributed by atoms with Crippen molar-refractivity contribution >= 4 is 0 Å². The van der Waals surface area contributed by atoms with E-state index in [4.69, 9.17) is 9.26 Å². The molecule has 100 valence electrons. The molecule has 0 radical (unpaired) electrons. The van der Waals surface area contributed by atoms with Gasteiger partial charge in [0.15, 0.2) is 5.82 Å². The van der Waals surface area contributed by atoms with Gasteiger partial charge in [0.25, 0.3) is 5.89 Å². The Bertz CT molecular complexity index is 579. The first-order chi connectivity index (χ1) is 9.24. The molecule has 2 aromatic rings. The van der Waals surface area contributed by atoms with Crippen LogP contribution in [0.4, 0.5) is 4.39 Å². The first-order valence-corrected chi connectivity index (χ1v) is 6.14. The van der Waals surface area contributed by atoms with Gasteiger partial charge in [-0.3, -0.25) is 0 Å². The van der Waals surface area contributed by atoms with Crippen LogP contribution in [0.1, 0.15) is 24.6 Å². The molecule has 1 N–H and O–H groups in total. The summed E-state index contributed by atoms with van der Waals surface area (Å²) in [6.07, 6.45) is 1.92. The van der Waals surface area contributed by atoms with Gasteiger partial charge in [0.05, 0.1) is 12.2 Å². The largest absolute Gasteiger partial charge is 0.507 e. The zero-order valence-corrected chi connectivity index (χ0v) is 10.2. The molecule has 0 saturated carbocycles. The molecule has 1 aromatic heterocycles. The highest BCUT2D eigenvalue weighted by Crippen LogP contribution is 2.30. The lowest BCUT2D eigenvalue weighted by Crippen LogP contribution is -2.16. The molecule has 1 unspecified atom stereocenters. The summed E-state index contributed by atoms with van der Waals surface area (Å²) >= 11 is 0. The first kappa shape index (κ1) is 12.1. The van der Waals surface area contributed by atoms with E-state index in [-0.39, 0.29) is 17.6 Å². The smallest absolute Gasteiger partial charge is 0.261 e. The summed E-state index contributed by atoms with van der Waals surface area (Å²) in [4.78, 5) is 4.25. The number of hydrogen-bond donors (Lipinski definition) is 1. The molecule has 0 spiro atoms. The summed E-state index contributed by atoms with van der Waals surface area (Å²) < 4.78 is 23.4. The molecule has 2 heterocycles. The minimum absolute atomic E-state index is 0.119. The van der Waals surface area contributed by atoms with Crippen LogP contribution in [0.5, 0.6) is 5.75 Å². The van der Waals surface area contributed by atoms with E-state index in [1.165, 1.54) is 12.1 Å². The Labute approximate surface area is 109 Å². The van der Waals surface area contributed by atoms with Crippen molar-refractivity contribution in [2.24, 2.45) is 0 Å². The van der Waals surface area contributed by atoms with E-state index >= 15 is 0 Å². The van der Waals surface area contributed by atoms with Crippen LogP contribution in [0.3, 0.4) is 0 Å². The Morgan fingerprint density at radius 1 is 1.37 bits per heavy atom. The average molecular weight is 264 g/mol. The number of ether oxygens (including phenoxy) is 1. The summed E-state index contributed by atoms with van der Waals surface area (Å²) in [6.45, 7) is 1.34. The van der Waals surface area contributed by atoms with E-state index in [9.17, 15) is 9.50 Å². The molecule has 1 aromatic carbocycles. The van der Waals surface area contributed by atoms with Gasteiger partial charge in [-0.15, -0.1) is 0 Å². The number of hydrogen-bond acceptors (Lipinski definition) is 5. The van der Waals surface area contributed by atoms with Crippen molar-refractivity contribution in [2.75, 3.05) is 13.2 Å². The van der Waals surface area contributed by atoms with Crippen LogP contribution in [0.2, 0.25) is 0 Å². The molecule has 19 heavy (non-hydrogen) atoms. The molecule has 0 bridgehead atoms. The number of nitrogens with zero attached hydrogens (tertiary/aromatic N) is 2. The van der Waals surface area contributed by atoms with Gasteiger partial charge in [-0.25, -0.2) is 4.39 Å². The maximum Gasteiger partial charge on any atom is 0.261 e. The van der Waals surface area contributed by atoms with E-state index in [1.807, 2.05) is 0 Å². The van der Waals surface area contributed by atoms with Gasteiger partial charge in [-0.05, 0) is 25.0 Å². The minimum atomic E-state index is -0.512. The predicted molar refractivity (Wildman–Crippen MR) is 64.2 cm³/mol. The third-order valence-corrected chi connectivity index (χ3v) is 3.16. The predicted octanol–water partition coefficient (Wildman–Crippen LogP) is 2.48. The second-order valence-corrected chi connectivity index (χ2v) is 4.53. The lowest BCUT2D eigenvalue weighted by Gasteiger charge is -2.18. The Morgan fingerprint density at radius 3 is 3.00 bits per heavy atom. The SMILES string of the molecule is Oc1cc(F)ccc1-c1nc(C2CCCOC2)no1. The molecule has 1 aliphatic heterocycles. The molecule has 1 saturated heterocycles. The number of rotatable bonds is 2. The zero-order valence-electron chi connectivity index (χ0n) is 10.2. The topological polar surface area (TPSA) is 68.4 Å². The molecule has 3 rings (SSSR count). The van der Waals surface area contributed by atoms with Gasteiger partial charge in [0.1, 0.15) is 11.6 Å². The highest BCUT2D eigenvalue weighted by atomic mass is 19.1. The van der Waals surface area contributed by atoms with Crippen molar-refractivity contribution < 1.29 is 18.8 Å². The number of phenols is 1. The minimum Gasteiger partial charge on any atom is -0.507 e. The van der Waals surface area contributed by atoms with Crippen molar-refractivity contribution in [1.29, 1.82) is 0 Å². The zero-order chi connectivity index (χ0) is 13.2. The van der Waals surface area contributed by atoms with Crippen LogP contribution in [0.15, 0.2) is 22.7 Å². The molecular weight excluding hydrogens is 251 g/mol. The lowest BCUT2D eigenvalue weighted by atomic mass is 10.0. The first-order valence-electron chi connectivity index (χ1n) is 6.14. The molecular formula is C13H13FN2O3. The number of halogens is 1. The van der Waals surface area contributed by atoms with Gasteiger partial charge in [-0.1, -0.05) is 5.16 Å². The molecule has 1 fully saturated rings. The molecule has 0 aliphatic carbocycles. The van der Waals surface area contributed by atoms with Gasteiger partial charge in [-0.2, -0.15) is 4.98 Å². The Hall–Kier alpha value is -1.95. The van der Waals surface area contributed by atoms with Gasteiger partial charge >= 0.3 is 0 Å². The lowest BCUT2D eigenvalue weighted by molar-refractivity contribution is 0.0773. The van der Waals surface area contributed by atoms with E-state index in [0.29, 0.717) is 18.0 Å². The highest BCUT2D eigenvalue weighted by molar-refractivity contribution is 5.61. The Morgan fingerprint density at radius 2 is 2.26 bits per heavy atom. The van der Waals surface area contributed by atoms with E-state index in [0.717, 1.165) is 25.5 Å². The van der Waals surface area contributed by atoms with Crippen molar-refractivity contribution in [3.8, 4) is 17.2 Å². The Balaban J connectivity index is 1.87. The summed E-state index contributed by atoms with van der Waals surface area (Å²) in [6, 6.07) is 3.67. The standard InChI is InChI=1S/C13H13FN2O3/c14-9-3-4-10(11(17)6-9)13-15-12(16-19-13)8-2-1-5-18-7-8/h3-4,6,8,17H,1-2,5,7H2. The van der Waals surface area contributed by atoms with Crippen molar-refractivity contribution in [3.63, 3.8) is 0 Å². The van der Waals surface area contributed by atoms with Crippen LogP contribution in [-0.2, 0) is 4.74 Å². The van der Waals surface area contributed by atoms with Gasteiger partial charge < -0.3 is 14.4 Å². The number of benzene rings is 1. The van der Waals surface area contributed by atoms with Crippen LogP contribution < -0.4 is 0 Å². The molecule has 0 amide bonds. The molecule has 6 heteroatoms. The number of aromatic nitrogens is 2. The van der Waals surface area contributed by atoms with Crippen molar-refractivity contribution in [2.45, 2.75) is 18.8 Å². The van der Waals surface area contributed by atoms with Crippen molar-refractivity contribution in [3.05, 3.63) is 29.8 Å². The van der Waals surface area contributed by atoms with Crippen LogP contribution >= 0.6 is 0 Å². The van der Waals surface area contributed by atoms with Gasteiger partial charge in [0, 0.05) is 18.6 Å². The quantitative estimate of drug-likeness (QED) is 0.902. The van der Waals surface area contributed by atoms with Gasteiger partial charge in [0.2, 0.25) is 0 Å². The maximum absolute atomic E-state index is 12.9. The molecule has 1 atom stereocenters. The maximum atomic E-state index is 12.9. The second kappa shape index (κ2) is 4.97.